The number of ketones is 2. The van der Waals surface area contributed by atoms with Crippen molar-refractivity contribution in [2.24, 2.45) is 0 Å². The summed E-state index contributed by atoms with van der Waals surface area (Å²) in [6, 6.07) is 7.71. The topological polar surface area (TPSA) is 116 Å². The molecule has 2 aromatic rings. The van der Waals surface area contributed by atoms with Gasteiger partial charge in [0.15, 0.2) is 5.78 Å². The Labute approximate surface area is 149 Å². The number of hydrogen-bond donors (Lipinski definition) is 3. The van der Waals surface area contributed by atoms with Crippen LogP contribution in [-0.4, -0.2) is 34.1 Å². The minimum Gasteiger partial charge on any atom is -0.507 e. The standard InChI is InChI=1S/C19H18N2O5/c1-11-8-16(24)17(19(26)21-11)15(23)7-6-13-4-3-5-14(9-13)18(25)20-10-12(2)22/h3-9H,10H2,1-2H3,(H,20,25)(H2,21,24,26)/b7-6+. The first kappa shape index (κ1) is 18.9. The van der Waals surface area contributed by atoms with E-state index in [4.69, 9.17) is 0 Å². The number of H-pyrrole nitrogens is 1. The van der Waals surface area contributed by atoms with Gasteiger partial charge >= 0.3 is 0 Å². The van der Waals surface area contributed by atoms with Gasteiger partial charge in [-0.05, 0) is 43.7 Å². The fraction of sp³-hybridized carbons (Fsp3) is 0.158. The summed E-state index contributed by atoms with van der Waals surface area (Å²) in [6.45, 7) is 2.90. The molecule has 0 unspecified atom stereocenters. The molecular formula is C19H18N2O5. The lowest BCUT2D eigenvalue weighted by Gasteiger charge is -2.04. The molecule has 0 saturated carbocycles. The number of carbonyl (C=O) groups excluding carboxylic acids is 3. The predicted molar refractivity (Wildman–Crippen MR) is 96.3 cm³/mol. The second-order valence-electron chi connectivity index (χ2n) is 5.75. The first-order valence-electron chi connectivity index (χ1n) is 7.81. The highest BCUT2D eigenvalue weighted by atomic mass is 16.3. The summed E-state index contributed by atoms with van der Waals surface area (Å²) < 4.78 is 0. The fourth-order valence-electron chi connectivity index (χ4n) is 2.25. The molecule has 0 aliphatic heterocycles. The summed E-state index contributed by atoms with van der Waals surface area (Å²) in [6.07, 6.45) is 2.58. The van der Waals surface area contributed by atoms with Crippen LogP contribution < -0.4 is 10.9 Å². The Morgan fingerprint density at radius 2 is 1.96 bits per heavy atom. The number of hydrogen-bond acceptors (Lipinski definition) is 5. The molecule has 0 bridgehead atoms. The Morgan fingerprint density at radius 1 is 1.23 bits per heavy atom. The van der Waals surface area contributed by atoms with Crippen LogP contribution in [0.25, 0.3) is 6.08 Å². The van der Waals surface area contributed by atoms with E-state index in [0.717, 1.165) is 6.08 Å². The molecule has 0 radical (unpaired) electrons. The molecule has 7 heteroatoms. The number of Topliss-reactive ketones (excluding diaryl/α,β-unsaturated/α-hetero) is 1. The monoisotopic (exact) mass is 354 g/mol. The third kappa shape index (κ3) is 4.76. The molecule has 0 spiro atoms. The molecule has 134 valence electrons. The van der Waals surface area contributed by atoms with Gasteiger partial charge in [-0.3, -0.25) is 19.2 Å². The van der Waals surface area contributed by atoms with Crippen LogP contribution >= 0.6 is 0 Å². The van der Waals surface area contributed by atoms with Crippen LogP contribution in [-0.2, 0) is 4.79 Å². The average molecular weight is 354 g/mol. The van der Waals surface area contributed by atoms with E-state index in [1.807, 2.05) is 0 Å². The van der Waals surface area contributed by atoms with E-state index in [1.165, 1.54) is 19.1 Å². The molecule has 0 aliphatic carbocycles. The maximum absolute atomic E-state index is 12.2. The minimum atomic E-state index is -0.672. The van der Waals surface area contributed by atoms with Gasteiger partial charge in [-0.25, -0.2) is 0 Å². The van der Waals surface area contributed by atoms with Gasteiger partial charge in [0, 0.05) is 11.3 Å². The molecule has 1 aromatic carbocycles. The number of nitrogens with one attached hydrogen (secondary N) is 2. The molecule has 0 fully saturated rings. The SMILES string of the molecule is CC(=O)CNC(=O)c1cccc(/C=C/C(=O)c2c(O)cc(C)[nH]c2=O)c1. The number of carbonyl (C=O) groups is 3. The van der Waals surface area contributed by atoms with E-state index < -0.39 is 23.0 Å². The highest BCUT2D eigenvalue weighted by Crippen LogP contribution is 2.15. The molecule has 1 heterocycles. The largest absolute Gasteiger partial charge is 0.507 e. The first-order chi connectivity index (χ1) is 12.3. The lowest BCUT2D eigenvalue weighted by Crippen LogP contribution is -2.28. The van der Waals surface area contributed by atoms with E-state index in [2.05, 4.69) is 10.3 Å². The molecule has 2 rings (SSSR count). The lowest BCUT2D eigenvalue weighted by atomic mass is 10.1. The van der Waals surface area contributed by atoms with Crippen molar-refractivity contribution in [2.75, 3.05) is 6.54 Å². The summed E-state index contributed by atoms with van der Waals surface area (Å²) in [5.41, 5.74) is 0.308. The van der Waals surface area contributed by atoms with Gasteiger partial charge in [0.1, 0.15) is 17.1 Å². The first-order valence-corrected chi connectivity index (χ1v) is 7.81. The fourth-order valence-corrected chi connectivity index (χ4v) is 2.25. The lowest BCUT2D eigenvalue weighted by molar-refractivity contribution is -0.116. The van der Waals surface area contributed by atoms with Crippen molar-refractivity contribution in [2.45, 2.75) is 13.8 Å². The maximum atomic E-state index is 12.2. The Bertz CT molecular complexity index is 957. The van der Waals surface area contributed by atoms with Crippen molar-refractivity contribution in [1.82, 2.24) is 10.3 Å². The Balaban J connectivity index is 2.20. The number of aromatic hydroxyl groups is 1. The molecule has 3 N–H and O–H groups in total. The summed E-state index contributed by atoms with van der Waals surface area (Å²) in [7, 11) is 0. The summed E-state index contributed by atoms with van der Waals surface area (Å²) in [5.74, 6) is -1.62. The Morgan fingerprint density at radius 3 is 2.62 bits per heavy atom. The van der Waals surface area contributed by atoms with E-state index in [1.54, 1.807) is 31.2 Å². The van der Waals surface area contributed by atoms with Crippen molar-refractivity contribution < 1.29 is 19.5 Å². The molecule has 0 aliphatic rings. The van der Waals surface area contributed by atoms with Crippen LogP contribution in [0.15, 0.2) is 41.2 Å². The number of aromatic nitrogens is 1. The molecule has 7 nitrogen and oxygen atoms in total. The van der Waals surface area contributed by atoms with Gasteiger partial charge in [-0.2, -0.15) is 0 Å². The Kier molecular flexibility index (Phi) is 5.85. The van der Waals surface area contributed by atoms with Crippen LogP contribution in [0, 0.1) is 6.92 Å². The third-order valence-electron chi connectivity index (χ3n) is 3.47. The second kappa shape index (κ2) is 8.06. The second-order valence-corrected chi connectivity index (χ2v) is 5.75. The maximum Gasteiger partial charge on any atom is 0.263 e. The minimum absolute atomic E-state index is 0.0626. The van der Waals surface area contributed by atoms with Crippen molar-refractivity contribution in [1.29, 1.82) is 0 Å². The summed E-state index contributed by atoms with van der Waals surface area (Å²) in [5, 5.41) is 12.3. The van der Waals surface area contributed by atoms with Gasteiger partial charge in [-0.15, -0.1) is 0 Å². The average Bonchev–Trinajstić information content (AvgIpc) is 2.57. The van der Waals surface area contributed by atoms with Crippen LogP contribution in [0.3, 0.4) is 0 Å². The van der Waals surface area contributed by atoms with Crippen molar-refractivity contribution in [3.05, 3.63) is 69.1 Å². The quantitative estimate of drug-likeness (QED) is 0.538. The van der Waals surface area contributed by atoms with Gasteiger partial charge in [0.05, 0.1) is 6.54 Å². The van der Waals surface area contributed by atoms with Crippen molar-refractivity contribution in [3.63, 3.8) is 0 Å². The molecule has 0 saturated heterocycles. The highest BCUT2D eigenvalue weighted by molar-refractivity contribution is 6.08. The number of aryl methyl sites for hydroxylation is 1. The number of benzene rings is 1. The van der Waals surface area contributed by atoms with E-state index >= 15 is 0 Å². The van der Waals surface area contributed by atoms with Gasteiger partial charge in [-0.1, -0.05) is 18.2 Å². The van der Waals surface area contributed by atoms with E-state index in [-0.39, 0.29) is 17.9 Å². The van der Waals surface area contributed by atoms with E-state index in [9.17, 15) is 24.3 Å². The zero-order valence-electron chi connectivity index (χ0n) is 14.3. The van der Waals surface area contributed by atoms with Crippen LogP contribution in [0.5, 0.6) is 5.75 Å². The Hall–Kier alpha value is -3.48. The number of allylic oxidation sites excluding steroid dienone is 1. The van der Waals surface area contributed by atoms with Gasteiger partial charge in [0.25, 0.3) is 11.5 Å². The highest BCUT2D eigenvalue weighted by Gasteiger charge is 2.14. The molecular weight excluding hydrogens is 336 g/mol. The van der Waals surface area contributed by atoms with Crippen molar-refractivity contribution in [3.8, 4) is 5.75 Å². The zero-order chi connectivity index (χ0) is 19.3. The van der Waals surface area contributed by atoms with Gasteiger partial charge < -0.3 is 15.4 Å². The van der Waals surface area contributed by atoms with Crippen LogP contribution in [0.1, 0.15) is 38.9 Å². The number of pyridine rings is 1. The summed E-state index contributed by atoms with van der Waals surface area (Å²) >= 11 is 0. The normalized spacial score (nSPS) is 10.7. The number of rotatable bonds is 6. The predicted octanol–water partition coefficient (Wildman–Crippen LogP) is 1.60. The zero-order valence-corrected chi connectivity index (χ0v) is 14.3. The number of amides is 1. The summed E-state index contributed by atoms with van der Waals surface area (Å²) in [4.78, 5) is 49.3. The smallest absolute Gasteiger partial charge is 0.263 e. The molecule has 0 atom stereocenters. The van der Waals surface area contributed by atoms with Crippen LogP contribution in [0.4, 0.5) is 0 Å². The number of aromatic amines is 1. The molecule has 26 heavy (non-hydrogen) atoms. The van der Waals surface area contributed by atoms with Crippen LogP contribution in [0.2, 0.25) is 0 Å². The van der Waals surface area contributed by atoms with Gasteiger partial charge in [0.2, 0.25) is 0 Å². The third-order valence-corrected chi connectivity index (χ3v) is 3.47. The van der Waals surface area contributed by atoms with E-state index in [0.29, 0.717) is 16.8 Å². The molecule has 1 aromatic heterocycles. The molecule has 1 amide bonds. The van der Waals surface area contributed by atoms with Crippen molar-refractivity contribution >= 4 is 23.5 Å².